The third kappa shape index (κ3) is 9.00. The highest BCUT2D eigenvalue weighted by atomic mass is 16.6. The van der Waals surface area contributed by atoms with Crippen LogP contribution in [0.1, 0.15) is 34.1 Å². The second-order valence-corrected chi connectivity index (χ2v) is 4.16. The van der Waals surface area contributed by atoms with Gasteiger partial charge in [-0.1, -0.05) is 6.92 Å². The van der Waals surface area contributed by atoms with Crippen molar-refractivity contribution in [3.8, 4) is 0 Å². The SMILES string of the molecule is CCCNC(=O)/C=C\C(=O)OC(C)(C)C. The summed E-state index contributed by atoms with van der Waals surface area (Å²) in [5.74, 6) is -0.781. The zero-order chi connectivity index (χ0) is 11.9. The second kappa shape index (κ2) is 6.22. The van der Waals surface area contributed by atoms with Crippen molar-refractivity contribution >= 4 is 11.9 Å². The zero-order valence-electron chi connectivity index (χ0n) is 9.79. The summed E-state index contributed by atoms with van der Waals surface area (Å²) in [6.45, 7) is 7.89. The van der Waals surface area contributed by atoms with E-state index in [1.165, 1.54) is 6.08 Å². The van der Waals surface area contributed by atoms with Crippen LogP contribution in [-0.4, -0.2) is 24.0 Å². The lowest BCUT2D eigenvalue weighted by Crippen LogP contribution is -2.24. The normalized spacial score (nSPS) is 11.5. The van der Waals surface area contributed by atoms with E-state index in [0.717, 1.165) is 12.5 Å². The maximum Gasteiger partial charge on any atom is 0.331 e. The van der Waals surface area contributed by atoms with Gasteiger partial charge in [-0.2, -0.15) is 0 Å². The third-order valence-corrected chi connectivity index (χ3v) is 1.33. The van der Waals surface area contributed by atoms with Crippen LogP contribution < -0.4 is 5.32 Å². The fraction of sp³-hybridized carbons (Fsp3) is 0.636. The topological polar surface area (TPSA) is 55.4 Å². The highest BCUT2D eigenvalue weighted by Crippen LogP contribution is 2.06. The fourth-order valence-corrected chi connectivity index (χ4v) is 0.787. The molecule has 0 saturated heterocycles. The summed E-state index contributed by atoms with van der Waals surface area (Å²) < 4.78 is 4.99. The molecule has 86 valence electrons. The first kappa shape index (κ1) is 13.7. The number of carbonyl (C=O) groups excluding carboxylic acids is 2. The van der Waals surface area contributed by atoms with Gasteiger partial charge in [-0.25, -0.2) is 4.79 Å². The Labute approximate surface area is 90.7 Å². The third-order valence-electron chi connectivity index (χ3n) is 1.33. The lowest BCUT2D eigenvalue weighted by Gasteiger charge is -2.17. The maximum atomic E-state index is 11.1. The molecule has 0 aromatic heterocycles. The highest BCUT2D eigenvalue weighted by molar-refractivity contribution is 5.94. The summed E-state index contributed by atoms with van der Waals surface area (Å²) in [6.07, 6.45) is 3.19. The quantitative estimate of drug-likeness (QED) is 0.567. The van der Waals surface area contributed by atoms with Crippen molar-refractivity contribution in [2.45, 2.75) is 39.7 Å². The summed E-state index contributed by atoms with van der Waals surface area (Å²) in [6, 6.07) is 0. The maximum absolute atomic E-state index is 11.1. The van der Waals surface area contributed by atoms with Crippen LogP contribution in [0.3, 0.4) is 0 Å². The van der Waals surface area contributed by atoms with Gasteiger partial charge in [0.15, 0.2) is 0 Å². The molecule has 0 aliphatic heterocycles. The van der Waals surface area contributed by atoms with Crippen molar-refractivity contribution in [3.63, 3.8) is 0 Å². The molecular weight excluding hydrogens is 194 g/mol. The van der Waals surface area contributed by atoms with Gasteiger partial charge in [0.1, 0.15) is 5.60 Å². The molecule has 0 rings (SSSR count). The number of hydrogen-bond acceptors (Lipinski definition) is 3. The Bertz CT molecular complexity index is 251. The number of esters is 1. The van der Waals surface area contributed by atoms with Gasteiger partial charge in [0.05, 0.1) is 0 Å². The molecule has 0 aliphatic carbocycles. The van der Waals surface area contributed by atoms with E-state index < -0.39 is 11.6 Å². The molecule has 0 saturated carbocycles. The van der Waals surface area contributed by atoms with E-state index in [0.29, 0.717) is 6.54 Å². The predicted octanol–water partition coefficient (Wildman–Crippen LogP) is 1.41. The van der Waals surface area contributed by atoms with Gasteiger partial charge in [0, 0.05) is 18.7 Å². The first-order valence-corrected chi connectivity index (χ1v) is 5.04. The van der Waals surface area contributed by atoms with Gasteiger partial charge < -0.3 is 10.1 Å². The molecule has 4 heteroatoms. The molecule has 4 nitrogen and oxygen atoms in total. The minimum atomic E-state index is -0.526. The fourth-order valence-electron chi connectivity index (χ4n) is 0.787. The summed E-state index contributed by atoms with van der Waals surface area (Å²) in [4.78, 5) is 22.2. The smallest absolute Gasteiger partial charge is 0.331 e. The van der Waals surface area contributed by atoms with Gasteiger partial charge in [0.2, 0.25) is 5.91 Å². The monoisotopic (exact) mass is 213 g/mol. The molecule has 0 aromatic carbocycles. The van der Waals surface area contributed by atoms with E-state index in [-0.39, 0.29) is 5.91 Å². The summed E-state index contributed by atoms with van der Waals surface area (Å²) in [5.41, 5.74) is -0.526. The van der Waals surface area contributed by atoms with Gasteiger partial charge in [-0.3, -0.25) is 4.79 Å². The van der Waals surface area contributed by atoms with Crippen LogP contribution in [-0.2, 0) is 14.3 Å². The number of carbonyl (C=O) groups is 2. The molecule has 0 radical (unpaired) electrons. The Kier molecular flexibility index (Phi) is 5.67. The largest absolute Gasteiger partial charge is 0.457 e. The van der Waals surface area contributed by atoms with Crippen LogP contribution in [0, 0.1) is 0 Å². The minimum absolute atomic E-state index is 0.275. The molecule has 0 spiro atoms. The number of amides is 1. The van der Waals surface area contributed by atoms with Crippen molar-refractivity contribution < 1.29 is 14.3 Å². The van der Waals surface area contributed by atoms with E-state index in [9.17, 15) is 9.59 Å². The van der Waals surface area contributed by atoms with Crippen LogP contribution in [0.5, 0.6) is 0 Å². The summed E-state index contributed by atoms with van der Waals surface area (Å²) in [5, 5.41) is 2.62. The molecule has 0 unspecified atom stereocenters. The number of hydrogen-bond donors (Lipinski definition) is 1. The van der Waals surface area contributed by atoms with Crippen LogP contribution in [0.25, 0.3) is 0 Å². The van der Waals surface area contributed by atoms with Crippen molar-refractivity contribution in [2.75, 3.05) is 6.54 Å². The lowest BCUT2D eigenvalue weighted by atomic mass is 10.2. The molecule has 0 aliphatic rings. The van der Waals surface area contributed by atoms with Crippen LogP contribution >= 0.6 is 0 Å². The lowest BCUT2D eigenvalue weighted by molar-refractivity contribution is -0.148. The highest BCUT2D eigenvalue weighted by Gasteiger charge is 2.13. The van der Waals surface area contributed by atoms with Gasteiger partial charge in [-0.15, -0.1) is 0 Å². The minimum Gasteiger partial charge on any atom is -0.457 e. The predicted molar refractivity (Wildman–Crippen MR) is 58.3 cm³/mol. The van der Waals surface area contributed by atoms with Crippen molar-refractivity contribution in [1.82, 2.24) is 5.32 Å². The standard InChI is InChI=1S/C11H19NO3/c1-5-8-12-9(13)6-7-10(14)15-11(2,3)4/h6-7H,5,8H2,1-4H3,(H,12,13)/b7-6-. The van der Waals surface area contributed by atoms with Crippen molar-refractivity contribution in [1.29, 1.82) is 0 Å². The summed E-state index contributed by atoms with van der Waals surface area (Å²) >= 11 is 0. The number of rotatable bonds is 4. The van der Waals surface area contributed by atoms with Crippen LogP contribution in [0.15, 0.2) is 12.2 Å². The second-order valence-electron chi connectivity index (χ2n) is 4.16. The van der Waals surface area contributed by atoms with E-state index in [2.05, 4.69) is 5.32 Å². The Hall–Kier alpha value is -1.32. The van der Waals surface area contributed by atoms with Gasteiger partial charge in [0.25, 0.3) is 0 Å². The first-order chi connectivity index (χ1) is 6.85. The van der Waals surface area contributed by atoms with Gasteiger partial charge >= 0.3 is 5.97 Å². The Morgan fingerprint density at radius 2 is 1.87 bits per heavy atom. The Morgan fingerprint density at radius 3 is 2.33 bits per heavy atom. The van der Waals surface area contributed by atoms with Crippen LogP contribution in [0.2, 0.25) is 0 Å². The zero-order valence-corrected chi connectivity index (χ0v) is 9.79. The van der Waals surface area contributed by atoms with E-state index in [1.54, 1.807) is 20.8 Å². The molecule has 15 heavy (non-hydrogen) atoms. The average molecular weight is 213 g/mol. The van der Waals surface area contributed by atoms with E-state index in [4.69, 9.17) is 4.74 Å². The first-order valence-electron chi connectivity index (χ1n) is 5.04. The molecule has 0 aromatic rings. The molecule has 0 bridgehead atoms. The van der Waals surface area contributed by atoms with Gasteiger partial charge in [-0.05, 0) is 27.2 Å². The Morgan fingerprint density at radius 1 is 1.27 bits per heavy atom. The number of ether oxygens (including phenoxy) is 1. The number of nitrogens with one attached hydrogen (secondary N) is 1. The average Bonchev–Trinajstić information content (AvgIpc) is 2.08. The molecule has 1 N–H and O–H groups in total. The van der Waals surface area contributed by atoms with Crippen molar-refractivity contribution in [3.05, 3.63) is 12.2 Å². The molecule has 1 amide bonds. The van der Waals surface area contributed by atoms with Crippen molar-refractivity contribution in [2.24, 2.45) is 0 Å². The molecular formula is C11H19NO3. The van der Waals surface area contributed by atoms with Crippen LogP contribution in [0.4, 0.5) is 0 Å². The molecule has 0 atom stereocenters. The molecule has 0 fully saturated rings. The summed E-state index contributed by atoms with van der Waals surface area (Å²) in [7, 11) is 0. The van der Waals surface area contributed by atoms with E-state index in [1.807, 2.05) is 6.92 Å². The van der Waals surface area contributed by atoms with E-state index >= 15 is 0 Å². The Balaban J connectivity index is 3.95. The molecule has 0 heterocycles.